The van der Waals surface area contributed by atoms with Gasteiger partial charge in [0.05, 0.1) is 17.9 Å². The Balaban J connectivity index is 1.69. The van der Waals surface area contributed by atoms with Gasteiger partial charge < -0.3 is 15.0 Å². The molecule has 0 aliphatic heterocycles. The maximum absolute atomic E-state index is 12.6. The Morgan fingerprint density at radius 1 is 1.38 bits per heavy atom. The first-order valence-electron chi connectivity index (χ1n) is 7.84. The van der Waals surface area contributed by atoms with Gasteiger partial charge in [-0.15, -0.1) is 0 Å². The minimum atomic E-state index is -4.37. The van der Waals surface area contributed by atoms with Crippen molar-refractivity contribution in [2.45, 2.75) is 44.9 Å². The lowest BCUT2D eigenvalue weighted by atomic mass is 9.96. The molecule has 2 aromatic rings. The smallest absolute Gasteiger partial charge is 0.395 e. The molecule has 2 heterocycles. The summed E-state index contributed by atoms with van der Waals surface area (Å²) in [7, 11) is 0. The Morgan fingerprint density at radius 2 is 2.17 bits per heavy atom. The summed E-state index contributed by atoms with van der Waals surface area (Å²) in [4.78, 5) is 8.41. The molecule has 2 N–H and O–H groups in total. The van der Waals surface area contributed by atoms with Crippen LogP contribution in [0, 0.1) is 6.92 Å². The van der Waals surface area contributed by atoms with Gasteiger partial charge >= 0.3 is 6.18 Å². The number of aliphatic hydroxyl groups is 1. The van der Waals surface area contributed by atoms with Crippen molar-refractivity contribution in [2.24, 2.45) is 0 Å². The second-order valence-corrected chi connectivity index (χ2v) is 5.94. The van der Waals surface area contributed by atoms with Gasteiger partial charge in [0.1, 0.15) is 11.6 Å². The maximum Gasteiger partial charge on any atom is 0.417 e. The average Bonchev–Trinajstić information content (AvgIpc) is 2.83. The molecule has 5 nitrogen and oxygen atoms in total. The molecule has 24 heavy (non-hydrogen) atoms. The van der Waals surface area contributed by atoms with E-state index in [0.29, 0.717) is 18.8 Å². The van der Waals surface area contributed by atoms with E-state index in [1.54, 1.807) is 0 Å². The Kier molecular flexibility index (Phi) is 4.49. The highest BCUT2D eigenvalue weighted by atomic mass is 19.4. The topological polar surface area (TPSA) is 63.0 Å². The van der Waals surface area contributed by atoms with Crippen LogP contribution >= 0.6 is 0 Å². The highest BCUT2D eigenvalue weighted by Gasteiger charge is 2.31. The van der Waals surface area contributed by atoms with Crippen LogP contribution in [0.25, 0.3) is 0 Å². The third kappa shape index (κ3) is 3.38. The zero-order valence-electron chi connectivity index (χ0n) is 13.3. The number of imidazole rings is 1. The molecule has 3 rings (SSSR count). The molecular formula is C16H19F3N4O. The molecule has 8 heteroatoms. The van der Waals surface area contributed by atoms with Gasteiger partial charge in [0, 0.05) is 30.9 Å². The predicted octanol–water partition coefficient (Wildman–Crippen LogP) is 2.57. The van der Waals surface area contributed by atoms with E-state index in [1.165, 1.54) is 6.07 Å². The highest BCUT2D eigenvalue weighted by molar-refractivity contribution is 5.38. The quantitative estimate of drug-likeness (QED) is 0.898. The van der Waals surface area contributed by atoms with Crippen LogP contribution in [0.4, 0.5) is 19.0 Å². The fourth-order valence-corrected chi connectivity index (χ4v) is 3.14. The zero-order chi connectivity index (χ0) is 17.3. The third-order valence-corrected chi connectivity index (χ3v) is 4.28. The molecule has 0 bridgehead atoms. The molecule has 0 fully saturated rings. The van der Waals surface area contributed by atoms with Gasteiger partial charge in [0.25, 0.3) is 0 Å². The molecule has 0 aromatic carbocycles. The molecule has 0 amide bonds. The molecule has 1 aliphatic rings. The van der Waals surface area contributed by atoms with E-state index in [4.69, 9.17) is 5.11 Å². The first kappa shape index (κ1) is 16.8. The van der Waals surface area contributed by atoms with Gasteiger partial charge in [-0.1, -0.05) is 0 Å². The molecule has 0 radical (unpaired) electrons. The van der Waals surface area contributed by atoms with Gasteiger partial charge in [-0.25, -0.2) is 9.97 Å². The van der Waals surface area contributed by atoms with Crippen LogP contribution in [0.3, 0.4) is 0 Å². The molecule has 0 saturated heterocycles. The van der Waals surface area contributed by atoms with Crippen LogP contribution < -0.4 is 5.32 Å². The lowest BCUT2D eigenvalue weighted by Gasteiger charge is -2.24. The van der Waals surface area contributed by atoms with Crippen molar-refractivity contribution in [3.8, 4) is 0 Å². The van der Waals surface area contributed by atoms with Crippen molar-refractivity contribution in [3.63, 3.8) is 0 Å². The number of anilines is 1. The van der Waals surface area contributed by atoms with E-state index >= 15 is 0 Å². The molecule has 0 spiro atoms. The van der Waals surface area contributed by atoms with E-state index in [1.807, 2.05) is 11.5 Å². The third-order valence-electron chi connectivity index (χ3n) is 4.28. The number of halogens is 3. The van der Waals surface area contributed by atoms with Crippen LogP contribution in [0.15, 0.2) is 18.3 Å². The van der Waals surface area contributed by atoms with Crippen molar-refractivity contribution in [1.29, 1.82) is 0 Å². The molecular weight excluding hydrogens is 321 g/mol. The number of nitrogens with zero attached hydrogens (tertiary/aromatic N) is 3. The Morgan fingerprint density at radius 3 is 2.79 bits per heavy atom. The van der Waals surface area contributed by atoms with Crippen LogP contribution in [0.1, 0.15) is 29.2 Å². The minimum Gasteiger partial charge on any atom is -0.395 e. The standard InChI is InChI=1S/C16H19F3N4O/c1-10-21-13-8-12(3-4-14(13)23(10)6-7-24)22-15-5-2-11(9-20-15)16(17,18)19/h2,5,9,12,24H,3-4,6-8H2,1H3,(H,20,22). The number of hydrogen-bond donors (Lipinski definition) is 2. The zero-order valence-corrected chi connectivity index (χ0v) is 13.3. The van der Waals surface area contributed by atoms with Crippen molar-refractivity contribution in [3.05, 3.63) is 41.1 Å². The van der Waals surface area contributed by atoms with Gasteiger partial charge in [-0.05, 0) is 31.9 Å². The Labute approximate surface area is 137 Å². The highest BCUT2D eigenvalue weighted by Crippen LogP contribution is 2.29. The van der Waals surface area contributed by atoms with E-state index in [-0.39, 0.29) is 12.6 Å². The molecule has 1 unspecified atom stereocenters. The molecule has 130 valence electrons. The number of fused-ring (bicyclic) bond motifs is 1. The van der Waals surface area contributed by atoms with Gasteiger partial charge in [0.2, 0.25) is 0 Å². The number of aliphatic hydroxyl groups excluding tert-OH is 1. The fourth-order valence-electron chi connectivity index (χ4n) is 3.14. The predicted molar refractivity (Wildman–Crippen MR) is 82.7 cm³/mol. The van der Waals surface area contributed by atoms with Crippen molar-refractivity contribution in [2.75, 3.05) is 11.9 Å². The van der Waals surface area contributed by atoms with Crippen LogP contribution in [0.5, 0.6) is 0 Å². The van der Waals surface area contributed by atoms with Gasteiger partial charge in [-0.2, -0.15) is 13.2 Å². The summed E-state index contributed by atoms with van der Waals surface area (Å²) in [5.74, 6) is 1.31. The van der Waals surface area contributed by atoms with E-state index in [0.717, 1.165) is 42.3 Å². The van der Waals surface area contributed by atoms with E-state index in [9.17, 15) is 13.2 Å². The fraction of sp³-hybridized carbons (Fsp3) is 0.500. The Hall–Kier alpha value is -2.09. The summed E-state index contributed by atoms with van der Waals surface area (Å²) in [6, 6.07) is 2.47. The first-order chi connectivity index (χ1) is 11.4. The average molecular weight is 340 g/mol. The summed E-state index contributed by atoms with van der Waals surface area (Å²) in [6.07, 6.45) is -1.18. The van der Waals surface area contributed by atoms with Crippen LogP contribution in [-0.4, -0.2) is 32.3 Å². The lowest BCUT2D eigenvalue weighted by Crippen LogP contribution is -2.28. The maximum atomic E-state index is 12.6. The number of aryl methyl sites for hydroxylation is 1. The molecule has 1 aliphatic carbocycles. The summed E-state index contributed by atoms with van der Waals surface area (Å²) < 4.78 is 39.7. The van der Waals surface area contributed by atoms with Crippen molar-refractivity contribution < 1.29 is 18.3 Å². The lowest BCUT2D eigenvalue weighted by molar-refractivity contribution is -0.137. The second-order valence-electron chi connectivity index (χ2n) is 5.94. The summed E-state index contributed by atoms with van der Waals surface area (Å²) >= 11 is 0. The normalized spacial score (nSPS) is 17.6. The van der Waals surface area contributed by atoms with Gasteiger partial charge in [0.15, 0.2) is 0 Å². The van der Waals surface area contributed by atoms with Gasteiger partial charge in [-0.3, -0.25) is 0 Å². The van der Waals surface area contributed by atoms with Crippen LogP contribution in [-0.2, 0) is 25.6 Å². The van der Waals surface area contributed by atoms with Crippen molar-refractivity contribution in [1.82, 2.24) is 14.5 Å². The molecule has 1 atom stereocenters. The largest absolute Gasteiger partial charge is 0.417 e. The summed E-state index contributed by atoms with van der Waals surface area (Å²) in [5, 5.41) is 12.3. The van der Waals surface area contributed by atoms with E-state index < -0.39 is 11.7 Å². The van der Waals surface area contributed by atoms with Crippen LogP contribution in [0.2, 0.25) is 0 Å². The number of nitrogens with one attached hydrogen (secondary N) is 1. The number of rotatable bonds is 4. The van der Waals surface area contributed by atoms with E-state index in [2.05, 4.69) is 15.3 Å². The first-order valence-corrected chi connectivity index (χ1v) is 7.84. The monoisotopic (exact) mass is 340 g/mol. The SMILES string of the molecule is Cc1nc2c(n1CCO)CCC(Nc1ccc(C(F)(F)F)cn1)C2. The number of aromatic nitrogens is 3. The second kappa shape index (κ2) is 6.43. The number of pyridine rings is 1. The Bertz CT molecular complexity index is 709. The molecule has 2 aromatic heterocycles. The summed E-state index contributed by atoms with van der Waals surface area (Å²) in [5.41, 5.74) is 1.37. The van der Waals surface area contributed by atoms with Crippen molar-refractivity contribution >= 4 is 5.82 Å². The number of hydrogen-bond acceptors (Lipinski definition) is 4. The summed E-state index contributed by atoms with van der Waals surface area (Å²) in [6.45, 7) is 2.52. The minimum absolute atomic E-state index is 0.0702. The molecule has 0 saturated carbocycles. The number of alkyl halides is 3.